The number of carboxylic acid groups (broad SMARTS) is 1. The number of hydrogen-bond donors (Lipinski definition) is 2. The molecule has 0 spiro atoms. The summed E-state index contributed by atoms with van der Waals surface area (Å²) in [7, 11) is 0. The van der Waals surface area contributed by atoms with Crippen LogP contribution in [0.3, 0.4) is 0 Å². The first kappa shape index (κ1) is 17.5. The number of hydrogen-bond acceptors (Lipinski definition) is 4. The fourth-order valence-corrected chi connectivity index (χ4v) is 2.67. The summed E-state index contributed by atoms with van der Waals surface area (Å²) in [6.45, 7) is 0. The minimum absolute atomic E-state index is 0.0335. The monoisotopic (exact) mass is 466 g/mol. The van der Waals surface area contributed by atoms with Crippen molar-refractivity contribution >= 4 is 52.1 Å². The van der Waals surface area contributed by atoms with Crippen LogP contribution in [0, 0.1) is 3.57 Å². The van der Waals surface area contributed by atoms with Gasteiger partial charge in [0.05, 0.1) is 22.5 Å². The predicted octanol–water partition coefficient (Wildman–Crippen LogP) is 5.35. The van der Waals surface area contributed by atoms with Crippen molar-refractivity contribution in [2.75, 3.05) is 5.43 Å². The number of furan rings is 1. The van der Waals surface area contributed by atoms with Gasteiger partial charge in [-0.1, -0.05) is 11.6 Å². The smallest absolute Gasteiger partial charge is 0.337 e. The lowest BCUT2D eigenvalue weighted by Crippen LogP contribution is -1.97. The van der Waals surface area contributed by atoms with Gasteiger partial charge in [0.25, 0.3) is 0 Å². The van der Waals surface area contributed by atoms with Crippen molar-refractivity contribution in [3.8, 4) is 11.3 Å². The summed E-state index contributed by atoms with van der Waals surface area (Å²) >= 11 is 8.11. The van der Waals surface area contributed by atoms with E-state index in [1.54, 1.807) is 24.4 Å². The molecule has 126 valence electrons. The van der Waals surface area contributed by atoms with E-state index in [9.17, 15) is 4.79 Å². The van der Waals surface area contributed by atoms with Crippen molar-refractivity contribution < 1.29 is 14.3 Å². The molecule has 3 rings (SSSR count). The molecule has 0 saturated carbocycles. The van der Waals surface area contributed by atoms with Gasteiger partial charge in [-0.2, -0.15) is 5.10 Å². The molecule has 0 aliphatic rings. The molecule has 0 atom stereocenters. The molecule has 0 bridgehead atoms. The maximum absolute atomic E-state index is 11.2. The minimum Gasteiger partial charge on any atom is -0.478 e. The van der Waals surface area contributed by atoms with Gasteiger partial charge in [0.1, 0.15) is 11.5 Å². The van der Waals surface area contributed by atoms with E-state index in [0.29, 0.717) is 17.1 Å². The minimum atomic E-state index is -1.08. The van der Waals surface area contributed by atoms with Crippen LogP contribution in [0.4, 0.5) is 5.69 Å². The van der Waals surface area contributed by atoms with Gasteiger partial charge in [-0.05, 0) is 77.2 Å². The second-order valence-corrected chi connectivity index (χ2v) is 6.73. The third kappa shape index (κ3) is 4.40. The lowest BCUT2D eigenvalue weighted by atomic mass is 10.1. The van der Waals surface area contributed by atoms with Crippen LogP contribution in [0.5, 0.6) is 0 Å². The molecule has 1 aromatic heterocycles. The summed E-state index contributed by atoms with van der Waals surface area (Å²) in [6, 6.07) is 16.0. The number of aromatic carboxylic acids is 1. The Bertz CT molecular complexity index is 936. The van der Waals surface area contributed by atoms with Gasteiger partial charge in [-0.25, -0.2) is 4.79 Å². The number of halogens is 2. The van der Waals surface area contributed by atoms with Crippen LogP contribution < -0.4 is 5.43 Å². The van der Waals surface area contributed by atoms with Crippen molar-refractivity contribution in [2.45, 2.75) is 0 Å². The second kappa shape index (κ2) is 7.71. The third-order valence-corrected chi connectivity index (χ3v) is 4.39. The average Bonchev–Trinajstić information content (AvgIpc) is 3.06. The first-order valence-electron chi connectivity index (χ1n) is 7.20. The van der Waals surface area contributed by atoms with Crippen LogP contribution in [-0.2, 0) is 0 Å². The van der Waals surface area contributed by atoms with E-state index in [-0.39, 0.29) is 10.6 Å². The van der Waals surface area contributed by atoms with Crippen molar-refractivity contribution in [3.05, 3.63) is 74.5 Å². The highest BCUT2D eigenvalue weighted by molar-refractivity contribution is 14.1. The van der Waals surface area contributed by atoms with Gasteiger partial charge in [-0.15, -0.1) is 0 Å². The zero-order valence-electron chi connectivity index (χ0n) is 12.7. The topological polar surface area (TPSA) is 74.8 Å². The predicted molar refractivity (Wildman–Crippen MR) is 106 cm³/mol. The van der Waals surface area contributed by atoms with Crippen molar-refractivity contribution in [1.29, 1.82) is 0 Å². The highest BCUT2D eigenvalue weighted by Crippen LogP contribution is 2.26. The van der Waals surface area contributed by atoms with Gasteiger partial charge >= 0.3 is 5.97 Å². The Kier molecular flexibility index (Phi) is 5.40. The Morgan fingerprint density at radius 3 is 2.64 bits per heavy atom. The zero-order valence-corrected chi connectivity index (χ0v) is 15.7. The summed E-state index contributed by atoms with van der Waals surface area (Å²) in [4.78, 5) is 11.2. The Labute approximate surface area is 162 Å². The Hall–Kier alpha value is -2.32. The molecular weight excluding hydrogens is 455 g/mol. The highest BCUT2D eigenvalue weighted by atomic mass is 127. The first-order valence-corrected chi connectivity index (χ1v) is 8.66. The highest BCUT2D eigenvalue weighted by Gasteiger charge is 2.12. The molecular formula is C18H12ClIN2O3. The zero-order chi connectivity index (χ0) is 17.8. The van der Waals surface area contributed by atoms with Crippen molar-refractivity contribution in [1.82, 2.24) is 0 Å². The number of nitrogens with zero attached hydrogens (tertiary/aromatic N) is 1. The summed E-state index contributed by atoms with van der Waals surface area (Å²) in [5.74, 6) is -0.00312. The SMILES string of the molecule is O=C(O)c1cc(-c2ccc(/C=N/Nc3ccc(I)cc3)o2)ccc1Cl. The van der Waals surface area contributed by atoms with Crippen molar-refractivity contribution in [2.24, 2.45) is 5.10 Å². The molecule has 0 radical (unpaired) electrons. The number of rotatable bonds is 5. The van der Waals surface area contributed by atoms with Gasteiger partial charge < -0.3 is 9.52 Å². The fourth-order valence-electron chi connectivity index (χ4n) is 2.11. The molecule has 0 unspecified atom stereocenters. The van der Waals surface area contributed by atoms with E-state index in [0.717, 1.165) is 9.26 Å². The molecule has 25 heavy (non-hydrogen) atoms. The number of hydrazone groups is 1. The number of benzene rings is 2. The quantitative estimate of drug-likeness (QED) is 0.302. The summed E-state index contributed by atoms with van der Waals surface area (Å²) in [6.07, 6.45) is 1.55. The van der Waals surface area contributed by atoms with E-state index >= 15 is 0 Å². The summed E-state index contributed by atoms with van der Waals surface area (Å²) < 4.78 is 6.82. The number of anilines is 1. The summed E-state index contributed by atoms with van der Waals surface area (Å²) in [5.41, 5.74) is 4.44. The van der Waals surface area contributed by atoms with E-state index < -0.39 is 5.97 Å². The van der Waals surface area contributed by atoms with Gasteiger partial charge in [0.15, 0.2) is 0 Å². The molecule has 7 heteroatoms. The van der Waals surface area contributed by atoms with Gasteiger partial charge in [0, 0.05) is 9.13 Å². The molecule has 2 N–H and O–H groups in total. The largest absolute Gasteiger partial charge is 0.478 e. The van der Waals surface area contributed by atoms with E-state index in [4.69, 9.17) is 21.1 Å². The van der Waals surface area contributed by atoms with Crippen LogP contribution >= 0.6 is 34.2 Å². The number of carboxylic acids is 1. The lowest BCUT2D eigenvalue weighted by molar-refractivity contribution is 0.0697. The Balaban J connectivity index is 1.74. The van der Waals surface area contributed by atoms with Gasteiger partial charge in [0.2, 0.25) is 0 Å². The fraction of sp³-hybridized carbons (Fsp3) is 0. The average molecular weight is 467 g/mol. The third-order valence-electron chi connectivity index (χ3n) is 3.34. The Morgan fingerprint density at radius 2 is 1.92 bits per heavy atom. The first-order chi connectivity index (χ1) is 12.0. The van der Waals surface area contributed by atoms with Crippen LogP contribution in [-0.4, -0.2) is 17.3 Å². The molecule has 0 aliphatic carbocycles. The molecule has 1 heterocycles. The number of carbonyl (C=O) groups is 1. The van der Waals surface area contributed by atoms with Crippen LogP contribution in [0.25, 0.3) is 11.3 Å². The molecule has 3 aromatic rings. The van der Waals surface area contributed by atoms with E-state index in [1.165, 1.54) is 12.1 Å². The molecule has 0 saturated heterocycles. The maximum atomic E-state index is 11.2. The maximum Gasteiger partial charge on any atom is 0.337 e. The molecule has 0 amide bonds. The lowest BCUT2D eigenvalue weighted by Gasteiger charge is -2.02. The van der Waals surface area contributed by atoms with Gasteiger partial charge in [-0.3, -0.25) is 5.43 Å². The summed E-state index contributed by atoms with van der Waals surface area (Å²) in [5, 5.41) is 13.4. The van der Waals surface area contributed by atoms with E-state index in [1.807, 2.05) is 24.3 Å². The molecule has 5 nitrogen and oxygen atoms in total. The van der Waals surface area contributed by atoms with Crippen LogP contribution in [0.15, 0.2) is 64.1 Å². The standard InChI is InChI=1S/C18H12ClIN2O3/c19-16-7-1-11(9-15(16)18(23)24)17-8-6-14(25-17)10-21-22-13-4-2-12(20)3-5-13/h1-10,22H,(H,23,24)/b21-10+. The molecule has 0 aliphatic heterocycles. The van der Waals surface area contributed by atoms with Crippen molar-refractivity contribution in [3.63, 3.8) is 0 Å². The van der Waals surface area contributed by atoms with E-state index in [2.05, 4.69) is 33.1 Å². The second-order valence-electron chi connectivity index (χ2n) is 5.08. The van der Waals surface area contributed by atoms with Crippen LogP contribution in [0.1, 0.15) is 16.1 Å². The normalized spacial score (nSPS) is 11.0. The number of nitrogens with one attached hydrogen (secondary N) is 1. The Morgan fingerprint density at radius 1 is 1.16 bits per heavy atom. The molecule has 2 aromatic carbocycles. The van der Waals surface area contributed by atoms with Crippen LogP contribution in [0.2, 0.25) is 5.02 Å². The molecule has 0 fully saturated rings.